The van der Waals surface area contributed by atoms with Crippen molar-refractivity contribution in [1.82, 2.24) is 64.8 Å². The first-order valence-corrected chi connectivity index (χ1v) is 37.1. The molecule has 18 aromatic rings. The minimum Gasteiger partial charge on any atom is -0.423 e. The minimum absolute atomic E-state index is 0.0653. The van der Waals surface area contributed by atoms with Crippen LogP contribution in [0.15, 0.2) is 268 Å². The van der Waals surface area contributed by atoms with Gasteiger partial charge < -0.3 is 50.2 Å². The smallest absolute Gasteiger partial charge is 0.423 e. The number of aromatic nitrogens is 13. The summed E-state index contributed by atoms with van der Waals surface area (Å²) in [6, 6.07) is 60.2. The average molecular weight is 1640 g/mol. The zero-order valence-corrected chi connectivity index (χ0v) is 64.5. The van der Waals surface area contributed by atoms with Crippen molar-refractivity contribution in [2.24, 2.45) is 0 Å². The molecule has 0 fully saturated rings. The molecule has 0 bridgehead atoms. The predicted octanol–water partition coefficient (Wildman–Crippen LogP) is 9.99. The van der Waals surface area contributed by atoms with Crippen LogP contribution in [-0.2, 0) is 0 Å². The third kappa shape index (κ3) is 20.2. The molecule has 0 spiro atoms. The second-order valence-corrected chi connectivity index (χ2v) is 27.2. The van der Waals surface area contributed by atoms with Crippen LogP contribution in [0.3, 0.4) is 0 Å². The van der Waals surface area contributed by atoms with E-state index in [-0.39, 0.29) is 44.6 Å². The number of fused-ring (bicyclic) bond motifs is 6. The van der Waals surface area contributed by atoms with E-state index in [2.05, 4.69) is 64.8 Å². The first-order chi connectivity index (χ1) is 58.2. The Morgan fingerprint density at radius 1 is 0.240 bits per heavy atom. The molecule has 5 aromatic carbocycles. The Hall–Kier alpha value is -13.6. The first kappa shape index (κ1) is 85.3. The Balaban J connectivity index is 0.000000125. The topological polar surface area (TPSA) is 370 Å². The number of hydrogen-bond acceptors (Lipinski definition) is 23. The fraction of sp³-hybridized carbons (Fsp3) is 0.0349. The maximum Gasteiger partial charge on any atom is 0.489 e. The van der Waals surface area contributed by atoms with Gasteiger partial charge in [-0.3, -0.25) is 4.98 Å². The molecule has 0 aliphatic heterocycles. The van der Waals surface area contributed by atoms with Crippen molar-refractivity contribution in [2.75, 3.05) is 0 Å². The number of benzene rings is 5. The molecule has 13 heterocycles. The van der Waals surface area contributed by atoms with Gasteiger partial charge in [-0.05, 0) is 206 Å². The molecule has 23 nitrogen and oxygen atoms in total. The van der Waals surface area contributed by atoms with Gasteiger partial charge in [0.15, 0.2) is 33.9 Å². The molecule has 0 radical (unpaired) electrons. The number of aryl methyl sites for hydroxylation is 3. The van der Waals surface area contributed by atoms with E-state index >= 15 is 0 Å². The van der Waals surface area contributed by atoms with Gasteiger partial charge in [-0.15, -0.1) is 0 Å². The fourth-order valence-electron chi connectivity index (χ4n) is 12.7. The SMILES string of the molecule is Cc1ccc(F)c(-c2cc(B(O)O)c3cccnc3n2)c1.Cc1ccc(F)c(-c2cc(B(O)O)c3cccnc3n2)c1.Cc1cccc(-c2cc(B(O)O)c3cccnc3n2)n1.Fc1ccccc1-c1cc(Cl)c2cccnc2n1.OB(O)c1cc(-c2cc(F)ccc2F)nc2ncccc12.OB(O)c1cc(-c2ccccc2F)nc2ncccc12. The first-order valence-electron chi connectivity index (χ1n) is 36.7. The Labute approximate surface area is 691 Å². The van der Waals surface area contributed by atoms with E-state index in [0.717, 1.165) is 40.4 Å². The van der Waals surface area contributed by atoms with Gasteiger partial charge in [0.25, 0.3) is 0 Å². The molecule has 0 unspecified atom stereocenters. The van der Waals surface area contributed by atoms with Crippen LogP contribution in [0.1, 0.15) is 16.8 Å². The fourth-order valence-corrected chi connectivity index (χ4v) is 13.0. The van der Waals surface area contributed by atoms with Crippen molar-refractivity contribution in [3.05, 3.63) is 324 Å². The lowest BCUT2D eigenvalue weighted by Crippen LogP contribution is -2.31. The standard InChI is InChI=1S/2C15H12BFN2O2.C14H9BF2N2O2.C14H10BFN2O2.C14H12BN3O2.C14H8ClFN2/c2*1-9-4-5-13(17)11(7-9)14-8-12(16(20)21)10-3-2-6-18-15(10)19-14;16-8-3-4-12(17)10(6-8)13-7-11(15(20)21)9-2-1-5-18-14(9)19-13;16-12-6-2-1-4-10(12)13-8-11(15(19)20)9-5-3-7-17-14(9)18-13;1-9-4-2-6-12(17-9)13-8-11(15(19)20)10-5-3-7-16-14(10)18-13;15-11-8-13(10-4-1-2-6-12(10)16)18-14-9(11)5-3-7-17-14/h2*2-8,20-21H,1H3;1-7,20-21H;1-8,19-20H;2-8,19-20H,1H3;1-8H. The molecular weight excluding hydrogens is 1580 g/mol. The summed E-state index contributed by atoms with van der Waals surface area (Å²) in [7, 11) is -8.36. The Bertz CT molecular complexity index is 6530. The summed E-state index contributed by atoms with van der Waals surface area (Å²) in [6.45, 7) is 5.60. The van der Waals surface area contributed by atoms with Gasteiger partial charge in [0, 0.05) is 103 Å². The number of halogens is 7. The quantitative estimate of drug-likeness (QED) is 0.0425. The number of rotatable bonds is 11. The zero-order valence-electron chi connectivity index (χ0n) is 63.7. The average Bonchev–Trinajstić information content (AvgIpc) is 0.776. The minimum atomic E-state index is -1.77. The Morgan fingerprint density at radius 2 is 0.521 bits per heavy atom. The molecule has 121 heavy (non-hydrogen) atoms. The summed E-state index contributed by atoms with van der Waals surface area (Å²) in [5.41, 5.74) is 10.2. The third-order valence-electron chi connectivity index (χ3n) is 18.5. The van der Waals surface area contributed by atoms with Crippen LogP contribution in [0.5, 0.6) is 0 Å². The summed E-state index contributed by atoms with van der Waals surface area (Å²) < 4.78 is 82.7. The number of nitrogens with zero attached hydrogens (tertiary/aromatic N) is 13. The molecule has 0 saturated heterocycles. The lowest BCUT2D eigenvalue weighted by molar-refractivity contribution is 0.425. The molecular formula is C86H63B5ClF6N13O10. The lowest BCUT2D eigenvalue weighted by atomic mass is 9.78. The monoisotopic (exact) mass is 1640 g/mol. The van der Waals surface area contributed by atoms with E-state index in [0.29, 0.717) is 122 Å². The molecule has 13 aromatic heterocycles. The van der Waals surface area contributed by atoms with E-state index in [1.165, 1.54) is 54.7 Å². The van der Waals surface area contributed by atoms with Gasteiger partial charge in [0.05, 0.1) is 44.9 Å². The highest BCUT2D eigenvalue weighted by atomic mass is 35.5. The van der Waals surface area contributed by atoms with E-state index < -0.39 is 64.7 Å². The van der Waals surface area contributed by atoms with Gasteiger partial charge in [0.1, 0.15) is 34.9 Å². The van der Waals surface area contributed by atoms with Crippen LogP contribution in [-0.4, -0.2) is 151 Å². The van der Waals surface area contributed by atoms with Gasteiger partial charge in [-0.25, -0.2) is 86.2 Å². The highest BCUT2D eigenvalue weighted by Crippen LogP contribution is 2.31. The summed E-state index contributed by atoms with van der Waals surface area (Å²) in [5, 5.41) is 98.9. The molecule has 0 aliphatic carbocycles. The molecule has 0 aliphatic rings. The van der Waals surface area contributed by atoms with Crippen molar-refractivity contribution in [2.45, 2.75) is 20.8 Å². The zero-order chi connectivity index (χ0) is 85.7. The van der Waals surface area contributed by atoms with E-state index in [9.17, 15) is 76.6 Å². The van der Waals surface area contributed by atoms with Crippen LogP contribution in [0.25, 0.3) is 134 Å². The summed E-state index contributed by atoms with van der Waals surface area (Å²) >= 11 is 6.16. The van der Waals surface area contributed by atoms with Crippen LogP contribution in [0.2, 0.25) is 5.02 Å². The molecule has 0 saturated carbocycles. The van der Waals surface area contributed by atoms with Gasteiger partial charge >= 0.3 is 35.6 Å². The Morgan fingerprint density at radius 3 is 0.860 bits per heavy atom. The van der Waals surface area contributed by atoms with Gasteiger partial charge in [0.2, 0.25) is 0 Å². The molecule has 0 amide bonds. The highest BCUT2D eigenvalue weighted by Gasteiger charge is 2.25. The van der Waals surface area contributed by atoms with Gasteiger partial charge in [-0.1, -0.05) is 95.5 Å². The van der Waals surface area contributed by atoms with Crippen LogP contribution in [0.4, 0.5) is 26.3 Å². The molecule has 0 atom stereocenters. The normalized spacial score (nSPS) is 10.8. The van der Waals surface area contributed by atoms with E-state index in [1.54, 1.807) is 171 Å². The summed E-state index contributed by atoms with van der Waals surface area (Å²) in [5.74, 6) is -2.84. The lowest BCUT2D eigenvalue weighted by Gasteiger charge is -2.09. The molecule has 10 N–H and O–H groups in total. The van der Waals surface area contributed by atoms with Crippen molar-refractivity contribution in [3.63, 3.8) is 0 Å². The summed E-state index contributed by atoms with van der Waals surface area (Å²) in [6.07, 6.45) is 9.40. The van der Waals surface area contributed by atoms with Crippen LogP contribution < -0.4 is 27.3 Å². The van der Waals surface area contributed by atoms with Crippen molar-refractivity contribution >= 4 is 141 Å². The third-order valence-corrected chi connectivity index (χ3v) is 18.8. The maximum absolute atomic E-state index is 14.0. The maximum atomic E-state index is 14.0. The Kier molecular flexibility index (Phi) is 27.1. The molecule has 596 valence electrons. The number of hydrogen-bond donors (Lipinski definition) is 10. The summed E-state index contributed by atoms with van der Waals surface area (Å²) in [4.78, 5) is 54.8. The van der Waals surface area contributed by atoms with Crippen molar-refractivity contribution in [1.29, 1.82) is 0 Å². The highest BCUT2D eigenvalue weighted by molar-refractivity contribution is 6.64. The van der Waals surface area contributed by atoms with Crippen molar-refractivity contribution in [3.8, 4) is 67.7 Å². The van der Waals surface area contributed by atoms with E-state index in [4.69, 9.17) is 11.6 Å². The van der Waals surface area contributed by atoms with Crippen LogP contribution >= 0.6 is 11.6 Å². The number of pyridine rings is 13. The largest absolute Gasteiger partial charge is 0.489 e. The molecule has 35 heteroatoms. The molecule has 18 rings (SSSR count). The second-order valence-electron chi connectivity index (χ2n) is 26.8. The van der Waals surface area contributed by atoms with Crippen molar-refractivity contribution < 1.29 is 76.6 Å². The second kappa shape index (κ2) is 38.4. The van der Waals surface area contributed by atoms with Gasteiger partial charge in [-0.2, -0.15) is 0 Å². The predicted molar refractivity (Wildman–Crippen MR) is 456 cm³/mol. The van der Waals surface area contributed by atoms with E-state index in [1.807, 2.05) is 45.0 Å². The van der Waals surface area contributed by atoms with Crippen LogP contribution in [0, 0.1) is 55.7 Å².